The minimum Gasteiger partial charge on any atom is -0.324 e. The Hall–Kier alpha value is -0.840. The first-order valence-electron chi connectivity index (χ1n) is 4.94. The molecule has 0 aliphatic rings. The van der Waals surface area contributed by atoms with E-state index >= 15 is 0 Å². The minimum absolute atomic E-state index is 0.225. The summed E-state index contributed by atoms with van der Waals surface area (Å²) in [5.74, 6) is -0.225. The summed E-state index contributed by atoms with van der Waals surface area (Å²) < 4.78 is 14.8. The van der Waals surface area contributed by atoms with Crippen LogP contribution in [0.5, 0.6) is 0 Å². The Labute approximate surface area is 102 Å². The molecule has 1 atom stereocenters. The van der Waals surface area contributed by atoms with Crippen molar-refractivity contribution in [3.8, 4) is 0 Å². The van der Waals surface area contributed by atoms with Gasteiger partial charge in [-0.3, -0.25) is 0 Å². The number of halogens is 1. The molecule has 0 aliphatic heterocycles. The zero-order valence-corrected chi connectivity index (χ0v) is 10.4. The smallest absolute Gasteiger partial charge is 0.129 e. The third-order valence-corrected chi connectivity index (χ3v) is 4.29. The maximum Gasteiger partial charge on any atom is 0.129 e. The van der Waals surface area contributed by atoms with Crippen molar-refractivity contribution in [3.63, 3.8) is 0 Å². The van der Waals surface area contributed by atoms with Crippen LogP contribution in [0.1, 0.15) is 18.5 Å². The highest BCUT2D eigenvalue weighted by atomic mass is 32.2. The number of thiophene rings is 1. The fraction of sp³-hybridized carbons (Fsp3) is 0.167. The number of benzene rings is 1. The Balaban J connectivity index is 2.37. The van der Waals surface area contributed by atoms with Crippen molar-refractivity contribution in [2.24, 2.45) is 5.73 Å². The molecule has 0 spiro atoms. The van der Waals surface area contributed by atoms with Crippen LogP contribution >= 0.6 is 23.1 Å². The summed E-state index contributed by atoms with van der Waals surface area (Å²) in [7, 11) is 0. The summed E-state index contributed by atoms with van der Waals surface area (Å²) in [6.45, 7) is 1.80. The fourth-order valence-corrected chi connectivity index (χ4v) is 3.46. The van der Waals surface area contributed by atoms with Crippen molar-refractivity contribution >= 4 is 23.1 Å². The van der Waals surface area contributed by atoms with E-state index < -0.39 is 0 Å². The normalized spacial score (nSPS) is 12.7. The predicted molar refractivity (Wildman–Crippen MR) is 67.4 cm³/mol. The average molecular weight is 253 g/mol. The standard InChI is InChI=1S/C12H12FNS2/c1-8(14)12-9(13)4-2-5-10(12)16-11-6-3-7-15-11/h2-8H,14H2,1H3. The highest BCUT2D eigenvalue weighted by molar-refractivity contribution is 8.01. The molecule has 1 unspecified atom stereocenters. The van der Waals surface area contributed by atoms with E-state index in [0.717, 1.165) is 9.10 Å². The van der Waals surface area contributed by atoms with Crippen LogP contribution in [0.2, 0.25) is 0 Å². The van der Waals surface area contributed by atoms with Crippen LogP contribution < -0.4 is 5.73 Å². The molecule has 1 aromatic carbocycles. The van der Waals surface area contributed by atoms with E-state index in [-0.39, 0.29) is 11.9 Å². The average Bonchev–Trinajstić information content (AvgIpc) is 2.70. The van der Waals surface area contributed by atoms with Crippen molar-refractivity contribution in [1.82, 2.24) is 0 Å². The zero-order valence-electron chi connectivity index (χ0n) is 8.81. The van der Waals surface area contributed by atoms with E-state index in [4.69, 9.17) is 5.73 Å². The lowest BCUT2D eigenvalue weighted by atomic mass is 10.1. The molecule has 0 saturated heterocycles. The maximum absolute atomic E-state index is 13.6. The molecule has 1 heterocycles. The Bertz CT molecular complexity index is 466. The molecular formula is C12H12FNS2. The molecule has 0 bridgehead atoms. The van der Waals surface area contributed by atoms with Gasteiger partial charge in [0.1, 0.15) is 5.82 Å². The summed E-state index contributed by atoms with van der Waals surface area (Å²) in [6.07, 6.45) is 0. The van der Waals surface area contributed by atoms with Crippen LogP contribution in [-0.4, -0.2) is 0 Å². The van der Waals surface area contributed by atoms with Crippen molar-refractivity contribution in [3.05, 3.63) is 47.1 Å². The van der Waals surface area contributed by atoms with Gasteiger partial charge in [-0.25, -0.2) is 4.39 Å². The zero-order chi connectivity index (χ0) is 11.5. The second-order valence-corrected chi connectivity index (χ2v) is 5.76. The summed E-state index contributed by atoms with van der Waals surface area (Å²) in [5, 5.41) is 2.01. The molecule has 0 fully saturated rings. The number of nitrogens with two attached hydrogens (primary N) is 1. The van der Waals surface area contributed by atoms with Gasteiger partial charge in [-0.05, 0) is 30.5 Å². The molecule has 2 N–H and O–H groups in total. The van der Waals surface area contributed by atoms with Crippen LogP contribution in [0, 0.1) is 5.82 Å². The van der Waals surface area contributed by atoms with Crippen molar-refractivity contribution < 1.29 is 4.39 Å². The monoisotopic (exact) mass is 253 g/mol. The van der Waals surface area contributed by atoms with Gasteiger partial charge in [0.15, 0.2) is 0 Å². The summed E-state index contributed by atoms with van der Waals surface area (Å²) in [4.78, 5) is 0.900. The van der Waals surface area contributed by atoms with E-state index in [2.05, 4.69) is 0 Å². The molecule has 84 valence electrons. The Kier molecular flexibility index (Phi) is 3.63. The molecule has 1 nitrogen and oxygen atoms in total. The lowest BCUT2D eigenvalue weighted by molar-refractivity contribution is 0.585. The molecular weight excluding hydrogens is 241 g/mol. The maximum atomic E-state index is 13.6. The highest BCUT2D eigenvalue weighted by Crippen LogP contribution is 2.36. The van der Waals surface area contributed by atoms with E-state index in [1.807, 2.05) is 23.6 Å². The van der Waals surface area contributed by atoms with E-state index in [1.54, 1.807) is 36.1 Å². The van der Waals surface area contributed by atoms with Crippen molar-refractivity contribution in [2.45, 2.75) is 22.1 Å². The SMILES string of the molecule is CC(N)c1c(F)cccc1Sc1cccs1. The third-order valence-electron chi connectivity index (χ3n) is 2.17. The molecule has 2 aromatic rings. The molecule has 0 radical (unpaired) electrons. The van der Waals surface area contributed by atoms with Gasteiger partial charge in [0.05, 0.1) is 4.21 Å². The molecule has 1 aromatic heterocycles. The van der Waals surface area contributed by atoms with Crippen molar-refractivity contribution in [2.75, 3.05) is 0 Å². The molecule has 0 saturated carbocycles. The van der Waals surface area contributed by atoms with Gasteiger partial charge in [0.2, 0.25) is 0 Å². The van der Waals surface area contributed by atoms with E-state index in [1.165, 1.54) is 6.07 Å². The Morgan fingerprint density at radius 1 is 1.31 bits per heavy atom. The van der Waals surface area contributed by atoms with Crippen LogP contribution in [-0.2, 0) is 0 Å². The van der Waals surface area contributed by atoms with Gasteiger partial charge >= 0.3 is 0 Å². The Morgan fingerprint density at radius 3 is 2.75 bits per heavy atom. The fourth-order valence-electron chi connectivity index (χ4n) is 1.48. The van der Waals surface area contributed by atoms with Crippen LogP contribution in [0.25, 0.3) is 0 Å². The summed E-state index contributed by atoms with van der Waals surface area (Å²) in [6, 6.07) is 8.80. The van der Waals surface area contributed by atoms with Gasteiger partial charge in [0, 0.05) is 16.5 Å². The number of hydrogen-bond donors (Lipinski definition) is 1. The van der Waals surface area contributed by atoms with Gasteiger partial charge < -0.3 is 5.73 Å². The first-order chi connectivity index (χ1) is 7.68. The van der Waals surface area contributed by atoms with Crippen LogP contribution in [0.4, 0.5) is 4.39 Å². The lowest BCUT2D eigenvalue weighted by Gasteiger charge is -2.12. The molecule has 0 aliphatic carbocycles. The molecule has 2 rings (SSSR count). The highest BCUT2D eigenvalue weighted by Gasteiger charge is 2.13. The van der Waals surface area contributed by atoms with Gasteiger partial charge in [0.25, 0.3) is 0 Å². The quantitative estimate of drug-likeness (QED) is 0.892. The first kappa shape index (κ1) is 11.6. The lowest BCUT2D eigenvalue weighted by Crippen LogP contribution is -2.08. The van der Waals surface area contributed by atoms with Gasteiger partial charge in [-0.2, -0.15) is 0 Å². The number of rotatable bonds is 3. The summed E-state index contributed by atoms with van der Waals surface area (Å²) >= 11 is 3.21. The van der Waals surface area contributed by atoms with Crippen LogP contribution in [0.3, 0.4) is 0 Å². The molecule has 0 amide bonds. The predicted octanol–water partition coefficient (Wildman–Crippen LogP) is 4.06. The van der Waals surface area contributed by atoms with E-state index in [9.17, 15) is 4.39 Å². The summed E-state index contributed by atoms with van der Waals surface area (Å²) in [5.41, 5.74) is 6.39. The van der Waals surface area contributed by atoms with Crippen LogP contribution in [0.15, 0.2) is 44.8 Å². The molecule has 4 heteroatoms. The van der Waals surface area contributed by atoms with E-state index in [0.29, 0.717) is 5.56 Å². The topological polar surface area (TPSA) is 26.0 Å². The minimum atomic E-state index is -0.288. The van der Waals surface area contributed by atoms with Gasteiger partial charge in [-0.15, -0.1) is 11.3 Å². The van der Waals surface area contributed by atoms with Gasteiger partial charge in [-0.1, -0.05) is 23.9 Å². The first-order valence-corrected chi connectivity index (χ1v) is 6.63. The second-order valence-electron chi connectivity index (χ2n) is 3.47. The Morgan fingerprint density at radius 2 is 2.12 bits per heavy atom. The number of hydrogen-bond acceptors (Lipinski definition) is 3. The second kappa shape index (κ2) is 4.99. The third kappa shape index (κ3) is 2.45. The largest absolute Gasteiger partial charge is 0.324 e. The molecule has 16 heavy (non-hydrogen) atoms. The van der Waals surface area contributed by atoms with Crippen molar-refractivity contribution in [1.29, 1.82) is 0 Å².